The molecule has 0 aliphatic carbocycles. The van der Waals surface area contributed by atoms with Crippen LogP contribution in [0.3, 0.4) is 0 Å². The Morgan fingerprint density at radius 2 is 2.44 bits per heavy atom. The van der Waals surface area contributed by atoms with E-state index in [4.69, 9.17) is 8.22 Å². The Balaban J connectivity index is 3.41. The number of aryl methyl sites for hydroxylation is 1. The predicted octanol–water partition coefficient (Wildman–Crippen LogP) is 2.25. The van der Waals surface area contributed by atoms with E-state index in [-0.39, 0.29) is 14.8 Å². The first-order chi connectivity index (χ1) is 6.55. The molecule has 9 heavy (non-hydrogen) atoms. The quantitative estimate of drug-likeness (QED) is 0.699. The van der Waals surface area contributed by atoms with Gasteiger partial charge in [-0.15, -0.1) is 0 Å². The average molecular weight is 260 g/mol. The molecule has 0 fully saturated rings. The molecule has 0 aliphatic heterocycles. The third-order valence-corrected chi connectivity index (χ3v) is 2.07. The van der Waals surface area contributed by atoms with Crippen molar-refractivity contribution < 1.29 is 8.22 Å². The van der Waals surface area contributed by atoms with Crippen LogP contribution in [0.5, 0.6) is 0 Å². The second-order valence-electron chi connectivity index (χ2n) is 1.37. The molecular weight excluding hydrogens is 248 g/mol. The summed E-state index contributed by atoms with van der Waals surface area (Å²) in [6.45, 7) is -4.92. The molecular formula is C5H6Br2N2. The molecule has 0 unspecified atom stereocenters. The summed E-state index contributed by atoms with van der Waals surface area (Å²) in [7, 11) is 0. The minimum Gasteiger partial charge on any atom is -0.260 e. The summed E-state index contributed by atoms with van der Waals surface area (Å²) in [6.07, 6.45) is 0. The maximum Gasteiger partial charge on any atom is 0.132 e. The zero-order valence-electron chi connectivity index (χ0n) is 10.2. The number of rotatable bonds is 0. The summed E-state index contributed by atoms with van der Waals surface area (Å²) >= 11 is 5.85. The SMILES string of the molecule is [2H]C([2H])([2H])c1c(Br)nn(C([2H])([2H])[2H])c1Br. The molecule has 1 rings (SSSR count). The second kappa shape index (κ2) is 2.42. The van der Waals surface area contributed by atoms with Crippen LogP contribution in [0.2, 0.25) is 0 Å². The maximum absolute atomic E-state index is 7.21. The van der Waals surface area contributed by atoms with Crippen LogP contribution in [0.4, 0.5) is 0 Å². The molecule has 1 aromatic rings. The van der Waals surface area contributed by atoms with Gasteiger partial charge in [0, 0.05) is 20.8 Å². The highest BCUT2D eigenvalue weighted by molar-refractivity contribution is 9.11. The Morgan fingerprint density at radius 3 is 2.78 bits per heavy atom. The highest BCUT2D eigenvalue weighted by atomic mass is 79.9. The normalized spacial score (nSPS) is 22.9. The predicted molar refractivity (Wildman–Crippen MR) is 43.3 cm³/mol. The van der Waals surface area contributed by atoms with Gasteiger partial charge in [-0.25, -0.2) is 0 Å². The van der Waals surface area contributed by atoms with Crippen molar-refractivity contribution in [3.63, 3.8) is 0 Å². The molecule has 0 saturated heterocycles. The number of aromatic nitrogens is 2. The minimum absolute atomic E-state index is 0.00509. The molecule has 0 bridgehead atoms. The molecule has 0 spiro atoms. The fraction of sp³-hybridized carbons (Fsp3) is 0.400. The molecule has 1 heterocycles. The summed E-state index contributed by atoms with van der Waals surface area (Å²) in [5.74, 6) is 0. The van der Waals surface area contributed by atoms with Crippen LogP contribution >= 0.6 is 31.9 Å². The zero-order chi connectivity index (χ0) is 12.0. The van der Waals surface area contributed by atoms with Crippen molar-refractivity contribution >= 4 is 31.9 Å². The van der Waals surface area contributed by atoms with E-state index in [1.165, 1.54) is 0 Å². The van der Waals surface area contributed by atoms with Crippen LogP contribution in [0, 0.1) is 6.85 Å². The van der Waals surface area contributed by atoms with Crippen LogP contribution in [0.25, 0.3) is 0 Å². The summed E-state index contributed by atoms with van der Waals surface area (Å²) in [6, 6.07) is 0. The summed E-state index contributed by atoms with van der Waals surface area (Å²) in [5, 5.41) is 3.61. The molecule has 1 aromatic heterocycles. The van der Waals surface area contributed by atoms with Gasteiger partial charge in [0.1, 0.15) is 9.21 Å². The molecule has 0 saturated carbocycles. The highest BCUT2D eigenvalue weighted by Gasteiger charge is 2.04. The molecule has 4 heteroatoms. The Labute approximate surface area is 78.9 Å². The lowest BCUT2D eigenvalue weighted by atomic mass is 10.4. The Kier molecular flexibility index (Phi) is 0.716. The number of hydrogen-bond acceptors (Lipinski definition) is 1. The lowest BCUT2D eigenvalue weighted by Crippen LogP contribution is -1.88. The van der Waals surface area contributed by atoms with Crippen molar-refractivity contribution in [1.29, 1.82) is 0 Å². The van der Waals surface area contributed by atoms with Crippen LogP contribution in [-0.4, -0.2) is 9.78 Å². The van der Waals surface area contributed by atoms with Crippen molar-refractivity contribution in [3.05, 3.63) is 14.8 Å². The lowest BCUT2D eigenvalue weighted by Gasteiger charge is -1.88. The number of halogens is 2. The lowest BCUT2D eigenvalue weighted by molar-refractivity contribution is 0.743. The molecule has 0 aliphatic rings. The van der Waals surface area contributed by atoms with Gasteiger partial charge in [0.05, 0.1) is 0 Å². The minimum atomic E-state index is -2.51. The Bertz CT molecular complexity index is 378. The van der Waals surface area contributed by atoms with E-state index < -0.39 is 13.8 Å². The average Bonchev–Trinajstić information content (AvgIpc) is 2.22. The van der Waals surface area contributed by atoms with Crippen molar-refractivity contribution in [3.8, 4) is 0 Å². The third kappa shape index (κ3) is 1.19. The van der Waals surface area contributed by atoms with Crippen LogP contribution in [-0.2, 0) is 6.98 Å². The largest absolute Gasteiger partial charge is 0.260 e. The fourth-order valence-corrected chi connectivity index (χ4v) is 1.25. The van der Waals surface area contributed by atoms with Crippen LogP contribution in [0.1, 0.15) is 13.8 Å². The first-order valence-corrected chi connectivity index (χ1v) is 3.58. The second-order valence-corrected chi connectivity index (χ2v) is 2.87. The Hall–Kier alpha value is 0.170. The smallest absolute Gasteiger partial charge is 0.132 e. The molecule has 50 valence electrons. The van der Waals surface area contributed by atoms with E-state index in [0.717, 1.165) is 0 Å². The van der Waals surface area contributed by atoms with Crippen molar-refractivity contribution in [1.82, 2.24) is 9.78 Å². The van der Waals surface area contributed by atoms with Gasteiger partial charge in [-0.2, -0.15) is 5.10 Å². The molecule has 2 nitrogen and oxygen atoms in total. The van der Waals surface area contributed by atoms with Gasteiger partial charge in [0.2, 0.25) is 0 Å². The summed E-state index contributed by atoms with van der Waals surface area (Å²) in [4.78, 5) is 0. The van der Waals surface area contributed by atoms with Gasteiger partial charge in [0.15, 0.2) is 0 Å². The zero-order valence-corrected chi connectivity index (χ0v) is 7.32. The van der Waals surface area contributed by atoms with Gasteiger partial charge in [0.25, 0.3) is 0 Å². The molecule has 0 N–H and O–H groups in total. The summed E-state index contributed by atoms with van der Waals surface area (Å²) in [5.41, 5.74) is -0.140. The highest BCUT2D eigenvalue weighted by Crippen LogP contribution is 2.21. The van der Waals surface area contributed by atoms with E-state index >= 15 is 0 Å². The van der Waals surface area contributed by atoms with Gasteiger partial charge >= 0.3 is 0 Å². The topological polar surface area (TPSA) is 17.8 Å². The molecule has 0 radical (unpaired) electrons. The third-order valence-electron chi connectivity index (χ3n) is 0.786. The van der Waals surface area contributed by atoms with Crippen molar-refractivity contribution in [2.24, 2.45) is 6.98 Å². The van der Waals surface area contributed by atoms with Gasteiger partial charge in [-0.3, -0.25) is 4.68 Å². The standard InChI is InChI=1S/C5H6Br2N2/c1-3-4(6)8-9(2)5(3)7/h1-2H3/i1D3,2D3. The van der Waals surface area contributed by atoms with E-state index in [1.54, 1.807) is 0 Å². The van der Waals surface area contributed by atoms with Crippen molar-refractivity contribution in [2.75, 3.05) is 0 Å². The van der Waals surface area contributed by atoms with E-state index in [9.17, 15) is 0 Å². The monoisotopic (exact) mass is 258 g/mol. The van der Waals surface area contributed by atoms with E-state index in [1.807, 2.05) is 0 Å². The van der Waals surface area contributed by atoms with Gasteiger partial charge < -0.3 is 0 Å². The van der Waals surface area contributed by atoms with E-state index in [0.29, 0.717) is 4.68 Å². The number of nitrogens with zero attached hydrogens (tertiary/aromatic N) is 2. The Morgan fingerprint density at radius 1 is 1.67 bits per heavy atom. The maximum atomic E-state index is 7.21. The van der Waals surface area contributed by atoms with E-state index in [2.05, 4.69) is 37.0 Å². The fourth-order valence-electron chi connectivity index (χ4n) is 0.373. The van der Waals surface area contributed by atoms with Gasteiger partial charge in [-0.1, -0.05) is 0 Å². The molecule has 0 amide bonds. The molecule has 0 atom stereocenters. The number of hydrogen-bond donors (Lipinski definition) is 0. The van der Waals surface area contributed by atoms with Crippen LogP contribution in [0.15, 0.2) is 9.21 Å². The van der Waals surface area contributed by atoms with Crippen LogP contribution < -0.4 is 0 Å². The first-order valence-electron chi connectivity index (χ1n) is 5.00. The molecule has 0 aromatic carbocycles. The first kappa shape index (κ1) is 2.66. The summed E-state index contributed by atoms with van der Waals surface area (Å²) < 4.78 is 43.6. The van der Waals surface area contributed by atoms with Crippen molar-refractivity contribution in [2.45, 2.75) is 6.85 Å². The van der Waals surface area contributed by atoms with Gasteiger partial charge in [-0.05, 0) is 38.7 Å².